The summed E-state index contributed by atoms with van der Waals surface area (Å²) in [4.78, 5) is 19.6. The number of hydrogen-bond acceptors (Lipinski definition) is 5. The van der Waals surface area contributed by atoms with Crippen molar-refractivity contribution in [3.8, 4) is 11.5 Å². The molecule has 5 rings (SSSR count). The smallest absolute Gasteiger partial charge is 0.257 e. The van der Waals surface area contributed by atoms with Gasteiger partial charge in [0.2, 0.25) is 0 Å². The maximum Gasteiger partial charge on any atom is 0.257 e. The Bertz CT molecular complexity index is 979. The van der Waals surface area contributed by atoms with Crippen LogP contribution in [0.2, 0.25) is 0 Å². The second kappa shape index (κ2) is 6.04. The van der Waals surface area contributed by atoms with E-state index in [0.717, 1.165) is 37.2 Å². The van der Waals surface area contributed by atoms with Crippen molar-refractivity contribution in [3.05, 3.63) is 54.1 Å². The third-order valence-electron chi connectivity index (χ3n) is 6.00. The summed E-state index contributed by atoms with van der Waals surface area (Å²) in [6.07, 6.45) is 6.61. The molecule has 2 fully saturated rings. The molecule has 1 saturated carbocycles. The van der Waals surface area contributed by atoms with E-state index in [1.165, 1.54) is 0 Å². The van der Waals surface area contributed by atoms with E-state index in [9.17, 15) is 4.79 Å². The minimum atomic E-state index is -0.200. The molecule has 0 spiro atoms. The predicted octanol–water partition coefficient (Wildman–Crippen LogP) is 2.66. The van der Waals surface area contributed by atoms with E-state index in [-0.39, 0.29) is 11.3 Å². The number of carbonyl (C=O) groups is 1. The molecule has 3 aromatic rings. The molecule has 0 N–H and O–H groups in total. The number of amides is 1. The van der Waals surface area contributed by atoms with Crippen LogP contribution < -0.4 is 0 Å². The minimum absolute atomic E-state index is 0.0312. The van der Waals surface area contributed by atoms with Crippen molar-refractivity contribution >= 4 is 5.91 Å². The third kappa shape index (κ3) is 2.57. The van der Waals surface area contributed by atoms with Crippen LogP contribution in [-0.4, -0.2) is 43.8 Å². The van der Waals surface area contributed by atoms with E-state index in [1.807, 2.05) is 42.3 Å². The Balaban J connectivity index is 1.45. The standard InChI is InChI=1S/C20H21N5O2/c1-24-11-15(10-21-24)18(26)25-12-16-8-5-9-20(16,13-25)19-22-17(27-23-19)14-6-3-2-4-7-14/h2-4,6-7,10-11,16H,5,8-9,12-13H2,1H3. The van der Waals surface area contributed by atoms with Crippen LogP contribution in [0, 0.1) is 5.92 Å². The van der Waals surface area contributed by atoms with Gasteiger partial charge in [-0.05, 0) is 30.9 Å². The number of rotatable bonds is 3. The predicted molar refractivity (Wildman–Crippen MR) is 97.9 cm³/mol. The first-order chi connectivity index (χ1) is 13.2. The fraction of sp³-hybridized carbons (Fsp3) is 0.400. The van der Waals surface area contributed by atoms with Crippen molar-refractivity contribution < 1.29 is 9.32 Å². The molecule has 27 heavy (non-hydrogen) atoms. The van der Waals surface area contributed by atoms with Crippen LogP contribution in [0.5, 0.6) is 0 Å². The maximum atomic E-state index is 12.9. The molecule has 1 aliphatic carbocycles. The van der Waals surface area contributed by atoms with E-state index < -0.39 is 0 Å². The molecule has 2 aliphatic rings. The number of hydrogen-bond donors (Lipinski definition) is 0. The first kappa shape index (κ1) is 16.2. The van der Waals surface area contributed by atoms with Crippen LogP contribution >= 0.6 is 0 Å². The van der Waals surface area contributed by atoms with Crippen LogP contribution in [0.1, 0.15) is 35.4 Å². The SMILES string of the molecule is Cn1cc(C(=O)N2CC3CCCC3(c3noc(-c4ccccc4)n3)C2)cn1. The van der Waals surface area contributed by atoms with E-state index in [4.69, 9.17) is 9.51 Å². The van der Waals surface area contributed by atoms with Gasteiger partial charge in [-0.25, -0.2) is 0 Å². The van der Waals surface area contributed by atoms with Gasteiger partial charge in [0.05, 0.1) is 17.2 Å². The van der Waals surface area contributed by atoms with Crippen molar-refractivity contribution in [2.45, 2.75) is 24.7 Å². The molecule has 1 amide bonds. The van der Waals surface area contributed by atoms with E-state index in [2.05, 4.69) is 10.3 Å². The number of aromatic nitrogens is 4. The highest BCUT2D eigenvalue weighted by atomic mass is 16.5. The topological polar surface area (TPSA) is 77.0 Å². The summed E-state index contributed by atoms with van der Waals surface area (Å²) in [6, 6.07) is 9.81. The van der Waals surface area contributed by atoms with Crippen LogP contribution in [0.3, 0.4) is 0 Å². The maximum absolute atomic E-state index is 12.9. The number of nitrogens with zero attached hydrogens (tertiary/aromatic N) is 5. The number of carbonyl (C=O) groups excluding carboxylic acids is 1. The summed E-state index contributed by atoms with van der Waals surface area (Å²) >= 11 is 0. The van der Waals surface area contributed by atoms with Gasteiger partial charge in [-0.3, -0.25) is 9.48 Å². The lowest BCUT2D eigenvalue weighted by Crippen LogP contribution is -2.35. The molecule has 7 nitrogen and oxygen atoms in total. The zero-order valence-electron chi connectivity index (χ0n) is 15.2. The molecular formula is C20H21N5O2. The van der Waals surface area contributed by atoms with Gasteiger partial charge >= 0.3 is 0 Å². The lowest BCUT2D eigenvalue weighted by atomic mass is 9.80. The zero-order chi connectivity index (χ0) is 18.4. The van der Waals surface area contributed by atoms with Crippen molar-refractivity contribution in [1.29, 1.82) is 0 Å². The summed E-state index contributed by atoms with van der Waals surface area (Å²) in [5.74, 6) is 1.69. The molecule has 7 heteroatoms. The quantitative estimate of drug-likeness (QED) is 0.715. The summed E-state index contributed by atoms with van der Waals surface area (Å²) in [7, 11) is 1.82. The van der Waals surface area contributed by atoms with E-state index >= 15 is 0 Å². The van der Waals surface area contributed by atoms with Crippen LogP contribution in [0.25, 0.3) is 11.5 Å². The number of fused-ring (bicyclic) bond motifs is 1. The Hall–Kier alpha value is -2.96. The average Bonchev–Trinajstić information content (AvgIpc) is 3.44. The largest absolute Gasteiger partial charge is 0.337 e. The highest BCUT2D eigenvalue weighted by Crippen LogP contribution is 2.50. The zero-order valence-corrected chi connectivity index (χ0v) is 15.2. The molecule has 2 atom stereocenters. The Kier molecular flexibility index (Phi) is 3.63. The van der Waals surface area contributed by atoms with Crippen LogP contribution in [-0.2, 0) is 12.5 Å². The number of likely N-dealkylation sites (tertiary alicyclic amines) is 1. The monoisotopic (exact) mass is 363 g/mol. The number of benzene rings is 1. The van der Waals surface area contributed by atoms with Crippen molar-refractivity contribution in [1.82, 2.24) is 24.8 Å². The lowest BCUT2D eigenvalue weighted by molar-refractivity contribution is 0.0777. The van der Waals surface area contributed by atoms with Gasteiger partial charge in [0.25, 0.3) is 11.8 Å². The molecule has 138 valence electrons. The molecule has 1 aliphatic heterocycles. The van der Waals surface area contributed by atoms with Gasteiger partial charge < -0.3 is 9.42 Å². The summed E-state index contributed by atoms with van der Waals surface area (Å²) in [5, 5.41) is 8.46. The fourth-order valence-electron chi connectivity index (χ4n) is 4.65. The first-order valence-corrected chi connectivity index (χ1v) is 9.33. The van der Waals surface area contributed by atoms with Crippen LogP contribution in [0.4, 0.5) is 0 Å². The van der Waals surface area contributed by atoms with Crippen molar-refractivity contribution in [3.63, 3.8) is 0 Å². The van der Waals surface area contributed by atoms with Gasteiger partial charge in [-0.1, -0.05) is 29.8 Å². The Morgan fingerprint density at radius 2 is 2.15 bits per heavy atom. The Labute approximate surface area is 157 Å². The van der Waals surface area contributed by atoms with Gasteiger partial charge in [-0.2, -0.15) is 10.1 Å². The third-order valence-corrected chi connectivity index (χ3v) is 6.00. The van der Waals surface area contributed by atoms with Crippen molar-refractivity contribution in [2.75, 3.05) is 13.1 Å². The molecule has 0 bridgehead atoms. The molecule has 1 aromatic carbocycles. The van der Waals surface area contributed by atoms with Gasteiger partial charge in [-0.15, -0.1) is 0 Å². The normalized spacial score (nSPS) is 24.3. The van der Waals surface area contributed by atoms with Gasteiger partial charge in [0.15, 0.2) is 5.82 Å². The molecular weight excluding hydrogens is 342 g/mol. The second-order valence-corrected chi connectivity index (χ2v) is 7.62. The number of aryl methyl sites for hydroxylation is 1. The van der Waals surface area contributed by atoms with E-state index in [1.54, 1.807) is 17.1 Å². The molecule has 0 radical (unpaired) electrons. The molecule has 2 unspecified atom stereocenters. The summed E-state index contributed by atoms with van der Waals surface area (Å²) in [6.45, 7) is 1.38. The first-order valence-electron chi connectivity index (χ1n) is 9.33. The highest BCUT2D eigenvalue weighted by molar-refractivity contribution is 5.94. The van der Waals surface area contributed by atoms with E-state index in [0.29, 0.717) is 23.9 Å². The summed E-state index contributed by atoms with van der Waals surface area (Å²) in [5.41, 5.74) is 1.35. The van der Waals surface area contributed by atoms with Gasteiger partial charge in [0.1, 0.15) is 0 Å². The molecule has 1 saturated heterocycles. The average molecular weight is 363 g/mol. The Morgan fingerprint density at radius 3 is 2.93 bits per heavy atom. The summed E-state index contributed by atoms with van der Waals surface area (Å²) < 4.78 is 7.23. The molecule has 2 aromatic heterocycles. The lowest BCUT2D eigenvalue weighted by Gasteiger charge is -2.24. The fourth-order valence-corrected chi connectivity index (χ4v) is 4.65. The van der Waals surface area contributed by atoms with Crippen molar-refractivity contribution in [2.24, 2.45) is 13.0 Å². The molecule has 3 heterocycles. The highest BCUT2D eigenvalue weighted by Gasteiger charge is 2.54. The van der Waals surface area contributed by atoms with Crippen LogP contribution in [0.15, 0.2) is 47.2 Å². The van der Waals surface area contributed by atoms with Gasteiger partial charge in [0, 0.05) is 31.9 Å². The Morgan fingerprint density at radius 1 is 1.30 bits per heavy atom. The minimum Gasteiger partial charge on any atom is -0.337 e. The second-order valence-electron chi connectivity index (χ2n) is 7.62.